The zero-order chi connectivity index (χ0) is 15.8. The van der Waals surface area contributed by atoms with E-state index in [1.54, 1.807) is 20.0 Å². The molecule has 1 rings (SSSR count). The summed E-state index contributed by atoms with van der Waals surface area (Å²) in [7, 11) is 1.64. The summed E-state index contributed by atoms with van der Waals surface area (Å²) in [5, 5.41) is 12.5. The van der Waals surface area contributed by atoms with Gasteiger partial charge in [-0.1, -0.05) is 30.7 Å². The van der Waals surface area contributed by atoms with E-state index in [0.717, 1.165) is 5.56 Å². The molecule has 6 heteroatoms. The lowest BCUT2D eigenvalue weighted by Gasteiger charge is -2.22. The van der Waals surface area contributed by atoms with E-state index in [9.17, 15) is 9.59 Å². The maximum Gasteiger partial charge on any atom is 0.320 e. The number of halogens is 1. The number of rotatable bonds is 8. The van der Waals surface area contributed by atoms with Crippen LogP contribution >= 0.6 is 11.6 Å². The molecule has 0 fully saturated rings. The van der Waals surface area contributed by atoms with Gasteiger partial charge in [-0.15, -0.1) is 0 Å². The minimum atomic E-state index is -0.910. The van der Waals surface area contributed by atoms with Crippen molar-refractivity contribution >= 4 is 23.5 Å². The van der Waals surface area contributed by atoms with E-state index in [4.69, 9.17) is 16.7 Å². The molecule has 1 atom stereocenters. The summed E-state index contributed by atoms with van der Waals surface area (Å²) in [6.45, 7) is 2.35. The molecule has 0 radical (unpaired) electrons. The molecule has 1 aromatic carbocycles. The summed E-state index contributed by atoms with van der Waals surface area (Å²) in [5.74, 6) is -1.09. The summed E-state index contributed by atoms with van der Waals surface area (Å²) < 4.78 is 0. The topological polar surface area (TPSA) is 69.6 Å². The normalized spacial score (nSPS) is 12.2. The standard InChI is InChI=1S/C15H21ClN2O3/c1-3-13(15(20)21)18(2)10-14(19)17-8-7-11-5-4-6-12(16)9-11/h4-6,9,13H,3,7-8,10H2,1-2H3,(H,17,19)(H,20,21). The van der Waals surface area contributed by atoms with Gasteiger partial charge in [-0.25, -0.2) is 0 Å². The molecule has 1 aromatic rings. The van der Waals surface area contributed by atoms with E-state index < -0.39 is 12.0 Å². The van der Waals surface area contributed by atoms with Crippen LogP contribution in [0, 0.1) is 0 Å². The number of carbonyl (C=O) groups is 2. The molecule has 0 aliphatic rings. The van der Waals surface area contributed by atoms with Crippen LogP contribution in [-0.4, -0.2) is 48.1 Å². The van der Waals surface area contributed by atoms with E-state index in [-0.39, 0.29) is 12.5 Å². The van der Waals surface area contributed by atoms with Crippen LogP contribution in [0.5, 0.6) is 0 Å². The predicted octanol–water partition coefficient (Wildman–Crippen LogP) is 1.79. The van der Waals surface area contributed by atoms with Crippen LogP contribution in [0.15, 0.2) is 24.3 Å². The SMILES string of the molecule is CCC(C(=O)O)N(C)CC(=O)NCCc1cccc(Cl)c1. The maximum absolute atomic E-state index is 11.8. The molecule has 0 aliphatic heterocycles. The van der Waals surface area contributed by atoms with E-state index >= 15 is 0 Å². The Kier molecular flexibility index (Phi) is 7.19. The fourth-order valence-corrected chi connectivity index (χ4v) is 2.32. The second-order valence-corrected chi connectivity index (χ2v) is 5.34. The van der Waals surface area contributed by atoms with Crippen LogP contribution in [0.4, 0.5) is 0 Å². The summed E-state index contributed by atoms with van der Waals surface area (Å²) in [5.41, 5.74) is 1.05. The highest BCUT2D eigenvalue weighted by Gasteiger charge is 2.21. The highest BCUT2D eigenvalue weighted by atomic mass is 35.5. The quantitative estimate of drug-likeness (QED) is 0.768. The molecular formula is C15H21ClN2O3. The Bertz CT molecular complexity index is 494. The van der Waals surface area contributed by atoms with Gasteiger partial charge in [0, 0.05) is 11.6 Å². The molecule has 5 nitrogen and oxygen atoms in total. The van der Waals surface area contributed by atoms with Crippen molar-refractivity contribution in [2.45, 2.75) is 25.8 Å². The van der Waals surface area contributed by atoms with Crippen LogP contribution in [0.25, 0.3) is 0 Å². The number of likely N-dealkylation sites (N-methyl/N-ethyl adjacent to an activating group) is 1. The molecule has 0 aliphatic carbocycles. The van der Waals surface area contributed by atoms with Gasteiger partial charge in [0.05, 0.1) is 6.54 Å². The van der Waals surface area contributed by atoms with E-state index in [1.807, 2.05) is 18.2 Å². The first-order chi connectivity index (χ1) is 9.93. The monoisotopic (exact) mass is 312 g/mol. The van der Waals surface area contributed by atoms with Crippen LogP contribution in [-0.2, 0) is 16.0 Å². The number of amides is 1. The van der Waals surface area contributed by atoms with Crippen molar-refractivity contribution in [3.63, 3.8) is 0 Å². The van der Waals surface area contributed by atoms with Crippen molar-refractivity contribution in [3.05, 3.63) is 34.9 Å². The number of hydrogen-bond acceptors (Lipinski definition) is 3. The molecule has 1 amide bonds. The number of nitrogens with one attached hydrogen (secondary N) is 1. The number of hydrogen-bond donors (Lipinski definition) is 2. The van der Waals surface area contributed by atoms with Crippen LogP contribution in [0.3, 0.4) is 0 Å². The van der Waals surface area contributed by atoms with Crippen molar-refractivity contribution < 1.29 is 14.7 Å². The van der Waals surface area contributed by atoms with Crippen molar-refractivity contribution in [2.24, 2.45) is 0 Å². The van der Waals surface area contributed by atoms with Crippen molar-refractivity contribution in [1.29, 1.82) is 0 Å². The van der Waals surface area contributed by atoms with Crippen LogP contribution < -0.4 is 5.32 Å². The summed E-state index contributed by atoms with van der Waals surface area (Å²) in [4.78, 5) is 24.3. The molecule has 1 unspecified atom stereocenters. The van der Waals surface area contributed by atoms with Gasteiger partial charge in [0.1, 0.15) is 6.04 Å². The summed E-state index contributed by atoms with van der Waals surface area (Å²) >= 11 is 5.89. The smallest absolute Gasteiger partial charge is 0.320 e. The second-order valence-electron chi connectivity index (χ2n) is 4.91. The van der Waals surface area contributed by atoms with E-state index in [0.29, 0.717) is 24.4 Å². The van der Waals surface area contributed by atoms with Crippen molar-refractivity contribution in [1.82, 2.24) is 10.2 Å². The Morgan fingerprint density at radius 2 is 2.14 bits per heavy atom. The van der Waals surface area contributed by atoms with Gasteiger partial charge in [0.25, 0.3) is 0 Å². The lowest BCUT2D eigenvalue weighted by molar-refractivity contribution is -0.143. The Balaban J connectivity index is 2.35. The first-order valence-electron chi connectivity index (χ1n) is 6.88. The molecule has 0 heterocycles. The molecule has 0 saturated carbocycles. The van der Waals surface area contributed by atoms with Gasteiger partial charge in [-0.05, 0) is 37.6 Å². The average Bonchev–Trinajstić information content (AvgIpc) is 2.38. The molecule has 0 bridgehead atoms. The molecule has 116 valence electrons. The lowest BCUT2D eigenvalue weighted by atomic mass is 10.1. The summed E-state index contributed by atoms with van der Waals surface area (Å²) in [6, 6.07) is 6.84. The number of benzene rings is 1. The number of carbonyl (C=O) groups excluding carboxylic acids is 1. The first kappa shape index (κ1) is 17.5. The number of carboxylic acids is 1. The maximum atomic E-state index is 11.8. The van der Waals surface area contributed by atoms with Crippen LogP contribution in [0.2, 0.25) is 5.02 Å². The Hall–Kier alpha value is -1.59. The third-order valence-electron chi connectivity index (χ3n) is 3.22. The van der Waals surface area contributed by atoms with E-state index in [2.05, 4.69) is 5.32 Å². The number of nitrogens with zero attached hydrogens (tertiary/aromatic N) is 1. The number of carboxylic acid groups (broad SMARTS) is 1. The molecule has 21 heavy (non-hydrogen) atoms. The molecule has 2 N–H and O–H groups in total. The second kappa shape index (κ2) is 8.64. The van der Waals surface area contributed by atoms with Gasteiger partial charge in [0.15, 0.2) is 0 Å². The van der Waals surface area contributed by atoms with Gasteiger partial charge in [0.2, 0.25) is 5.91 Å². The average molecular weight is 313 g/mol. The molecule has 0 saturated heterocycles. The van der Waals surface area contributed by atoms with E-state index in [1.165, 1.54) is 4.90 Å². The zero-order valence-corrected chi connectivity index (χ0v) is 13.1. The highest BCUT2D eigenvalue weighted by molar-refractivity contribution is 6.30. The Morgan fingerprint density at radius 1 is 1.43 bits per heavy atom. The fraction of sp³-hybridized carbons (Fsp3) is 0.467. The van der Waals surface area contributed by atoms with Gasteiger partial charge >= 0.3 is 5.97 Å². The Morgan fingerprint density at radius 3 is 2.71 bits per heavy atom. The van der Waals surface area contributed by atoms with Gasteiger partial charge < -0.3 is 10.4 Å². The van der Waals surface area contributed by atoms with Crippen molar-refractivity contribution in [2.75, 3.05) is 20.1 Å². The lowest BCUT2D eigenvalue weighted by Crippen LogP contribution is -2.44. The number of aliphatic carboxylic acids is 1. The minimum Gasteiger partial charge on any atom is -0.480 e. The molecule has 0 aromatic heterocycles. The third-order valence-corrected chi connectivity index (χ3v) is 3.46. The molecule has 0 spiro atoms. The zero-order valence-electron chi connectivity index (χ0n) is 12.3. The predicted molar refractivity (Wildman–Crippen MR) is 82.5 cm³/mol. The van der Waals surface area contributed by atoms with Crippen LogP contribution in [0.1, 0.15) is 18.9 Å². The Labute approximate surface area is 129 Å². The highest BCUT2D eigenvalue weighted by Crippen LogP contribution is 2.10. The fourth-order valence-electron chi connectivity index (χ4n) is 2.11. The van der Waals surface area contributed by atoms with Gasteiger partial charge in [-0.2, -0.15) is 0 Å². The minimum absolute atomic E-state index is 0.0698. The first-order valence-corrected chi connectivity index (χ1v) is 7.26. The van der Waals surface area contributed by atoms with Crippen molar-refractivity contribution in [3.8, 4) is 0 Å². The third kappa shape index (κ3) is 6.14. The largest absolute Gasteiger partial charge is 0.480 e. The summed E-state index contributed by atoms with van der Waals surface area (Å²) in [6.07, 6.45) is 1.15. The van der Waals surface area contributed by atoms with Gasteiger partial charge in [-0.3, -0.25) is 14.5 Å². The molecular weight excluding hydrogens is 292 g/mol.